The smallest absolute Gasteiger partial charge is 0.0673 e. The fourth-order valence-electron chi connectivity index (χ4n) is 0.937. The molecule has 1 aliphatic carbocycles. The lowest BCUT2D eigenvalue weighted by Gasteiger charge is -1.93. The summed E-state index contributed by atoms with van der Waals surface area (Å²) in [6.07, 6.45) is 4.28. The van der Waals surface area contributed by atoms with Gasteiger partial charge in [-0.05, 0) is 34.8 Å². The first-order valence-electron chi connectivity index (χ1n) is 3.34. The van der Waals surface area contributed by atoms with Gasteiger partial charge in [0.1, 0.15) is 0 Å². The predicted octanol–water partition coefficient (Wildman–Crippen LogP) is 2.12. The summed E-state index contributed by atoms with van der Waals surface area (Å²) in [4.78, 5) is 0. The standard InChI is InChI=1S/C7H7BrN2/c8-6-3-7(5-1-2-5)10-9-4-6/h3-5H,1-2H2. The van der Waals surface area contributed by atoms with Gasteiger partial charge in [-0.1, -0.05) is 0 Å². The molecule has 0 amide bonds. The van der Waals surface area contributed by atoms with Crippen LogP contribution in [0.3, 0.4) is 0 Å². The van der Waals surface area contributed by atoms with E-state index in [1.165, 1.54) is 12.8 Å². The molecule has 0 radical (unpaired) electrons. The Balaban J connectivity index is 2.32. The zero-order chi connectivity index (χ0) is 6.97. The summed E-state index contributed by atoms with van der Waals surface area (Å²) in [6, 6.07) is 2.05. The Morgan fingerprint density at radius 1 is 1.50 bits per heavy atom. The summed E-state index contributed by atoms with van der Waals surface area (Å²) in [5.74, 6) is 0.699. The summed E-state index contributed by atoms with van der Waals surface area (Å²) >= 11 is 3.36. The van der Waals surface area contributed by atoms with E-state index in [4.69, 9.17) is 0 Å². The summed E-state index contributed by atoms with van der Waals surface area (Å²) in [5.41, 5.74) is 1.13. The van der Waals surface area contributed by atoms with E-state index in [1.807, 2.05) is 6.07 Å². The topological polar surface area (TPSA) is 25.8 Å². The number of aromatic nitrogens is 2. The maximum atomic E-state index is 4.02. The third-order valence-electron chi connectivity index (χ3n) is 1.64. The van der Waals surface area contributed by atoms with Crippen LogP contribution in [0.4, 0.5) is 0 Å². The van der Waals surface area contributed by atoms with Gasteiger partial charge in [0.15, 0.2) is 0 Å². The van der Waals surface area contributed by atoms with Crippen LogP contribution in [0, 0.1) is 0 Å². The lowest BCUT2D eigenvalue weighted by molar-refractivity contribution is 0.905. The third-order valence-corrected chi connectivity index (χ3v) is 2.07. The van der Waals surface area contributed by atoms with E-state index >= 15 is 0 Å². The average Bonchev–Trinajstić information content (AvgIpc) is 2.68. The molecule has 1 heterocycles. The number of hydrogen-bond donors (Lipinski definition) is 0. The van der Waals surface area contributed by atoms with Gasteiger partial charge in [-0.25, -0.2) is 0 Å². The molecule has 10 heavy (non-hydrogen) atoms. The minimum atomic E-state index is 0.699. The minimum absolute atomic E-state index is 0.699. The van der Waals surface area contributed by atoms with Crippen molar-refractivity contribution in [2.24, 2.45) is 0 Å². The monoisotopic (exact) mass is 198 g/mol. The summed E-state index contributed by atoms with van der Waals surface area (Å²) in [6.45, 7) is 0. The van der Waals surface area contributed by atoms with Crippen LogP contribution in [0.15, 0.2) is 16.7 Å². The number of halogens is 1. The van der Waals surface area contributed by atoms with Crippen molar-refractivity contribution in [1.29, 1.82) is 0 Å². The lowest BCUT2D eigenvalue weighted by atomic mass is 10.3. The maximum Gasteiger partial charge on any atom is 0.0673 e. The molecule has 1 saturated carbocycles. The Kier molecular flexibility index (Phi) is 1.45. The minimum Gasteiger partial charge on any atom is -0.158 e. The zero-order valence-corrected chi connectivity index (χ0v) is 7.00. The van der Waals surface area contributed by atoms with Crippen molar-refractivity contribution in [2.45, 2.75) is 18.8 Å². The van der Waals surface area contributed by atoms with Crippen molar-refractivity contribution in [2.75, 3.05) is 0 Å². The normalized spacial score (nSPS) is 17.3. The van der Waals surface area contributed by atoms with Gasteiger partial charge >= 0.3 is 0 Å². The second-order valence-corrected chi connectivity index (χ2v) is 3.49. The molecule has 0 aliphatic heterocycles. The van der Waals surface area contributed by atoms with Crippen molar-refractivity contribution in [3.63, 3.8) is 0 Å². The molecule has 52 valence electrons. The van der Waals surface area contributed by atoms with Gasteiger partial charge in [0.05, 0.1) is 11.9 Å². The van der Waals surface area contributed by atoms with E-state index in [-0.39, 0.29) is 0 Å². The molecular weight excluding hydrogens is 192 g/mol. The number of nitrogens with zero attached hydrogens (tertiary/aromatic N) is 2. The Hall–Kier alpha value is -0.440. The predicted molar refractivity (Wildman–Crippen MR) is 41.7 cm³/mol. The van der Waals surface area contributed by atoms with Gasteiger partial charge in [0.25, 0.3) is 0 Å². The highest BCUT2D eigenvalue weighted by atomic mass is 79.9. The van der Waals surface area contributed by atoms with Crippen LogP contribution in [-0.4, -0.2) is 10.2 Å². The number of hydrogen-bond acceptors (Lipinski definition) is 2. The van der Waals surface area contributed by atoms with Crippen LogP contribution in [0.1, 0.15) is 24.5 Å². The van der Waals surface area contributed by atoms with Crippen molar-refractivity contribution < 1.29 is 0 Å². The van der Waals surface area contributed by atoms with Crippen LogP contribution >= 0.6 is 15.9 Å². The Morgan fingerprint density at radius 3 is 2.90 bits per heavy atom. The molecule has 0 saturated heterocycles. The summed E-state index contributed by atoms with van der Waals surface area (Å²) in [7, 11) is 0. The van der Waals surface area contributed by atoms with E-state index < -0.39 is 0 Å². The molecule has 1 aromatic rings. The second kappa shape index (κ2) is 2.31. The van der Waals surface area contributed by atoms with E-state index in [9.17, 15) is 0 Å². The molecule has 1 aliphatic rings. The molecule has 0 bridgehead atoms. The first-order chi connectivity index (χ1) is 4.86. The van der Waals surface area contributed by atoms with Crippen LogP contribution < -0.4 is 0 Å². The molecule has 2 nitrogen and oxygen atoms in total. The first kappa shape index (κ1) is 6.28. The van der Waals surface area contributed by atoms with Crippen molar-refractivity contribution in [3.05, 3.63) is 22.4 Å². The SMILES string of the molecule is Brc1cnnc(C2CC2)c1. The quantitative estimate of drug-likeness (QED) is 0.692. The summed E-state index contributed by atoms with van der Waals surface area (Å²) < 4.78 is 1.03. The van der Waals surface area contributed by atoms with Crippen LogP contribution in [0.5, 0.6) is 0 Å². The molecule has 0 spiro atoms. The van der Waals surface area contributed by atoms with Crippen LogP contribution in [0.2, 0.25) is 0 Å². The van der Waals surface area contributed by atoms with E-state index in [1.54, 1.807) is 6.20 Å². The van der Waals surface area contributed by atoms with Crippen molar-refractivity contribution in [1.82, 2.24) is 10.2 Å². The molecular formula is C7H7BrN2. The molecule has 3 heteroatoms. The van der Waals surface area contributed by atoms with Crippen molar-refractivity contribution in [3.8, 4) is 0 Å². The molecule has 0 atom stereocenters. The zero-order valence-electron chi connectivity index (χ0n) is 5.42. The van der Waals surface area contributed by atoms with E-state index in [2.05, 4.69) is 26.1 Å². The molecule has 1 aromatic heterocycles. The maximum absolute atomic E-state index is 4.02. The second-order valence-electron chi connectivity index (χ2n) is 2.57. The molecule has 0 aromatic carbocycles. The molecule has 0 N–H and O–H groups in total. The van der Waals surface area contributed by atoms with Gasteiger partial charge in [0.2, 0.25) is 0 Å². The third kappa shape index (κ3) is 1.19. The van der Waals surface area contributed by atoms with Gasteiger partial charge < -0.3 is 0 Å². The highest BCUT2D eigenvalue weighted by Gasteiger charge is 2.25. The van der Waals surface area contributed by atoms with Crippen LogP contribution in [-0.2, 0) is 0 Å². The Labute approximate surface area is 67.8 Å². The Morgan fingerprint density at radius 2 is 2.30 bits per heavy atom. The largest absolute Gasteiger partial charge is 0.158 e. The fraction of sp³-hybridized carbons (Fsp3) is 0.429. The van der Waals surface area contributed by atoms with Gasteiger partial charge in [-0.15, -0.1) is 0 Å². The molecule has 2 rings (SSSR count). The molecule has 0 unspecified atom stereocenters. The van der Waals surface area contributed by atoms with E-state index in [0.29, 0.717) is 5.92 Å². The van der Waals surface area contributed by atoms with Gasteiger partial charge in [-0.2, -0.15) is 10.2 Å². The van der Waals surface area contributed by atoms with Crippen LogP contribution in [0.25, 0.3) is 0 Å². The lowest BCUT2D eigenvalue weighted by Crippen LogP contribution is -1.88. The average molecular weight is 199 g/mol. The van der Waals surface area contributed by atoms with Gasteiger partial charge in [-0.3, -0.25) is 0 Å². The Bertz CT molecular complexity index is 245. The molecule has 1 fully saturated rings. The summed E-state index contributed by atoms with van der Waals surface area (Å²) in [5, 5.41) is 7.87. The first-order valence-corrected chi connectivity index (χ1v) is 4.13. The highest BCUT2D eigenvalue weighted by Crippen LogP contribution is 2.39. The highest BCUT2D eigenvalue weighted by molar-refractivity contribution is 9.10. The van der Waals surface area contributed by atoms with Crippen molar-refractivity contribution >= 4 is 15.9 Å². The number of rotatable bonds is 1. The fourth-order valence-corrected chi connectivity index (χ4v) is 1.26. The van der Waals surface area contributed by atoms with Gasteiger partial charge in [0, 0.05) is 10.4 Å². The van der Waals surface area contributed by atoms with E-state index in [0.717, 1.165) is 10.2 Å².